The van der Waals surface area contributed by atoms with E-state index in [1.54, 1.807) is 0 Å². The maximum absolute atomic E-state index is 10.3. The summed E-state index contributed by atoms with van der Waals surface area (Å²) in [5, 5.41) is 20.0. The summed E-state index contributed by atoms with van der Waals surface area (Å²) in [6, 6.07) is 2.89. The van der Waals surface area contributed by atoms with E-state index in [0.717, 1.165) is 11.3 Å². The molecule has 0 aliphatic carbocycles. The van der Waals surface area contributed by atoms with Crippen LogP contribution >= 0.6 is 11.3 Å². The summed E-state index contributed by atoms with van der Waals surface area (Å²) in [6.45, 7) is 1.58. The average molecular weight is 202 g/mol. The first kappa shape index (κ1) is 10.1. The van der Waals surface area contributed by atoms with Gasteiger partial charge in [0, 0.05) is 17.5 Å². The molecule has 0 spiro atoms. The Kier molecular flexibility index (Phi) is 2.65. The van der Waals surface area contributed by atoms with Crippen LogP contribution in [0, 0.1) is 10.1 Å². The highest BCUT2D eigenvalue weighted by atomic mass is 32.1. The number of aliphatic hydroxyl groups is 1. The van der Waals surface area contributed by atoms with Crippen molar-refractivity contribution in [2.45, 2.75) is 12.5 Å². The maximum Gasteiger partial charge on any atom is 0.324 e. The number of nitrogens with zero attached hydrogens (tertiary/aromatic N) is 1. The van der Waals surface area contributed by atoms with Crippen molar-refractivity contribution in [3.05, 3.63) is 27.1 Å². The fourth-order valence-corrected chi connectivity index (χ4v) is 1.69. The van der Waals surface area contributed by atoms with Gasteiger partial charge in [-0.25, -0.2) is 0 Å². The molecule has 72 valence electrons. The molecule has 0 saturated heterocycles. The van der Waals surface area contributed by atoms with E-state index in [4.69, 9.17) is 5.73 Å². The van der Waals surface area contributed by atoms with Crippen LogP contribution < -0.4 is 5.73 Å². The Bertz CT molecular complexity index is 321. The summed E-state index contributed by atoms with van der Waals surface area (Å²) in [7, 11) is 0. The zero-order valence-electron chi connectivity index (χ0n) is 7.06. The molecule has 3 N–H and O–H groups in total. The minimum absolute atomic E-state index is 0.0173. The van der Waals surface area contributed by atoms with Gasteiger partial charge in [-0.05, 0) is 13.0 Å². The fourth-order valence-electron chi connectivity index (χ4n) is 0.816. The second kappa shape index (κ2) is 3.41. The molecule has 0 saturated carbocycles. The third-order valence-corrected chi connectivity index (χ3v) is 2.99. The summed E-state index contributed by atoms with van der Waals surface area (Å²) in [5.74, 6) is 0. The number of hydrogen-bond acceptors (Lipinski definition) is 5. The number of thiophene rings is 1. The van der Waals surface area contributed by atoms with Gasteiger partial charge < -0.3 is 10.8 Å². The molecule has 1 atom stereocenters. The molecular weight excluding hydrogens is 192 g/mol. The highest BCUT2D eigenvalue weighted by molar-refractivity contribution is 7.15. The van der Waals surface area contributed by atoms with E-state index in [9.17, 15) is 15.2 Å². The highest BCUT2D eigenvalue weighted by Crippen LogP contribution is 2.31. The van der Waals surface area contributed by atoms with Crippen LogP contribution in [0.5, 0.6) is 0 Å². The van der Waals surface area contributed by atoms with Crippen molar-refractivity contribution < 1.29 is 10.0 Å². The molecular formula is C7H10N2O3S. The maximum atomic E-state index is 10.3. The standard InChI is InChI=1S/C7H10N2O3S/c1-7(10,4-8)5-2-3-6(13-5)9(11)12/h2-3,10H,4,8H2,1H3. The SMILES string of the molecule is CC(O)(CN)c1ccc([N+](=O)[O-])s1. The van der Waals surface area contributed by atoms with Crippen molar-refractivity contribution in [2.24, 2.45) is 5.73 Å². The van der Waals surface area contributed by atoms with Crippen LogP contribution in [0.4, 0.5) is 5.00 Å². The molecule has 1 aromatic heterocycles. The van der Waals surface area contributed by atoms with E-state index in [2.05, 4.69) is 0 Å². The van der Waals surface area contributed by atoms with Gasteiger partial charge in [0.05, 0.1) is 4.92 Å². The second-order valence-electron chi connectivity index (χ2n) is 2.87. The zero-order chi connectivity index (χ0) is 10.1. The van der Waals surface area contributed by atoms with Crippen LogP contribution in [-0.4, -0.2) is 16.6 Å². The van der Waals surface area contributed by atoms with Gasteiger partial charge in [0.1, 0.15) is 5.60 Å². The summed E-state index contributed by atoms with van der Waals surface area (Å²) < 4.78 is 0. The van der Waals surface area contributed by atoms with Gasteiger partial charge in [-0.1, -0.05) is 11.3 Å². The molecule has 1 aromatic rings. The first-order chi connectivity index (χ1) is 5.97. The molecule has 0 amide bonds. The van der Waals surface area contributed by atoms with Gasteiger partial charge in [0.25, 0.3) is 0 Å². The van der Waals surface area contributed by atoms with Crippen LogP contribution in [0.2, 0.25) is 0 Å². The normalized spacial score (nSPS) is 15.3. The summed E-state index contributed by atoms with van der Waals surface area (Å²) >= 11 is 0.943. The molecule has 1 rings (SSSR count). The molecule has 0 aromatic carbocycles. The highest BCUT2D eigenvalue weighted by Gasteiger charge is 2.25. The fraction of sp³-hybridized carbons (Fsp3) is 0.429. The first-order valence-corrected chi connectivity index (χ1v) is 4.46. The molecule has 6 heteroatoms. The van der Waals surface area contributed by atoms with E-state index in [0.29, 0.717) is 4.88 Å². The molecule has 0 aliphatic rings. The molecule has 0 radical (unpaired) electrons. The molecule has 0 aliphatic heterocycles. The molecule has 1 heterocycles. The third-order valence-electron chi connectivity index (χ3n) is 1.70. The van der Waals surface area contributed by atoms with Crippen molar-refractivity contribution in [2.75, 3.05) is 6.54 Å². The van der Waals surface area contributed by atoms with Gasteiger partial charge in [-0.3, -0.25) is 10.1 Å². The lowest BCUT2D eigenvalue weighted by Crippen LogP contribution is -2.30. The molecule has 13 heavy (non-hydrogen) atoms. The number of rotatable bonds is 3. The summed E-state index contributed by atoms with van der Waals surface area (Å²) in [5.41, 5.74) is 4.14. The molecule has 0 fully saturated rings. The van der Waals surface area contributed by atoms with Crippen LogP contribution in [0.25, 0.3) is 0 Å². The van der Waals surface area contributed by atoms with Gasteiger partial charge >= 0.3 is 5.00 Å². The third kappa shape index (κ3) is 2.03. The summed E-state index contributed by atoms with van der Waals surface area (Å²) in [6.07, 6.45) is 0. The minimum Gasteiger partial charge on any atom is -0.383 e. The Labute approximate surface area is 79.0 Å². The zero-order valence-corrected chi connectivity index (χ0v) is 7.87. The molecule has 5 nitrogen and oxygen atoms in total. The predicted octanol–water partition coefficient (Wildman–Crippen LogP) is 0.823. The van der Waals surface area contributed by atoms with Crippen molar-refractivity contribution in [3.8, 4) is 0 Å². The van der Waals surface area contributed by atoms with Crippen LogP contribution in [0.15, 0.2) is 12.1 Å². The number of hydrogen-bond donors (Lipinski definition) is 2. The van der Waals surface area contributed by atoms with E-state index in [1.165, 1.54) is 19.1 Å². The van der Waals surface area contributed by atoms with Crippen molar-refractivity contribution in [1.82, 2.24) is 0 Å². The van der Waals surface area contributed by atoms with Crippen molar-refractivity contribution in [1.29, 1.82) is 0 Å². The van der Waals surface area contributed by atoms with Gasteiger partial charge in [-0.2, -0.15) is 0 Å². The predicted molar refractivity (Wildman–Crippen MR) is 49.6 cm³/mol. The number of nitrogens with two attached hydrogens (primary N) is 1. The second-order valence-corrected chi connectivity index (χ2v) is 3.94. The Morgan fingerprint density at radius 2 is 2.38 bits per heavy atom. The minimum atomic E-state index is -1.17. The largest absolute Gasteiger partial charge is 0.383 e. The van der Waals surface area contributed by atoms with Crippen molar-refractivity contribution >= 4 is 16.3 Å². The van der Waals surface area contributed by atoms with E-state index >= 15 is 0 Å². The monoisotopic (exact) mass is 202 g/mol. The topological polar surface area (TPSA) is 89.4 Å². The van der Waals surface area contributed by atoms with E-state index in [-0.39, 0.29) is 11.5 Å². The van der Waals surface area contributed by atoms with Crippen LogP contribution in [-0.2, 0) is 5.60 Å². The molecule has 1 unspecified atom stereocenters. The number of nitro groups is 1. The Hall–Kier alpha value is -0.980. The smallest absolute Gasteiger partial charge is 0.324 e. The van der Waals surface area contributed by atoms with E-state index < -0.39 is 10.5 Å². The lowest BCUT2D eigenvalue weighted by atomic mass is 10.1. The lowest BCUT2D eigenvalue weighted by Gasteiger charge is -2.18. The van der Waals surface area contributed by atoms with E-state index in [1.807, 2.05) is 0 Å². The van der Waals surface area contributed by atoms with Gasteiger partial charge in [-0.15, -0.1) is 0 Å². The Morgan fingerprint density at radius 3 is 2.77 bits per heavy atom. The first-order valence-electron chi connectivity index (χ1n) is 3.64. The van der Waals surface area contributed by atoms with Crippen molar-refractivity contribution in [3.63, 3.8) is 0 Å². The molecule has 0 bridgehead atoms. The van der Waals surface area contributed by atoms with Crippen LogP contribution in [0.3, 0.4) is 0 Å². The lowest BCUT2D eigenvalue weighted by molar-refractivity contribution is -0.380. The van der Waals surface area contributed by atoms with Gasteiger partial charge in [0.2, 0.25) is 0 Å². The summed E-state index contributed by atoms with van der Waals surface area (Å²) in [4.78, 5) is 10.4. The Balaban J connectivity index is 2.98. The van der Waals surface area contributed by atoms with Crippen LogP contribution in [0.1, 0.15) is 11.8 Å². The van der Waals surface area contributed by atoms with Gasteiger partial charge in [0.15, 0.2) is 0 Å². The average Bonchev–Trinajstić information content (AvgIpc) is 2.52. The Morgan fingerprint density at radius 1 is 1.77 bits per heavy atom. The quantitative estimate of drug-likeness (QED) is 0.561.